The molecule has 3 nitrogen and oxygen atoms in total. The zero-order chi connectivity index (χ0) is 21.3. The molecule has 1 aromatic heterocycles. The van der Waals surface area contributed by atoms with Gasteiger partial charge in [-0.1, -0.05) is 86.1 Å². The minimum Gasteiger partial charge on any atom is -0.287 e. The molecule has 0 radical (unpaired) electrons. The molecular weight excluding hydrogens is 400 g/mol. The number of fused-ring (bicyclic) bond motifs is 4. The topological polar surface area (TPSA) is 34.9 Å². The van der Waals surface area contributed by atoms with Crippen molar-refractivity contribution in [2.45, 2.75) is 69.0 Å². The maximum atomic E-state index is 13.9. The van der Waals surface area contributed by atoms with Crippen molar-refractivity contribution in [3.05, 3.63) is 81.6 Å². The summed E-state index contributed by atoms with van der Waals surface area (Å²) in [5, 5.41) is 0.881. The van der Waals surface area contributed by atoms with Gasteiger partial charge in [0.15, 0.2) is 5.16 Å². The van der Waals surface area contributed by atoms with Crippen molar-refractivity contribution in [2.24, 2.45) is 0 Å². The van der Waals surface area contributed by atoms with E-state index >= 15 is 0 Å². The van der Waals surface area contributed by atoms with Gasteiger partial charge in [0.1, 0.15) is 0 Å². The van der Waals surface area contributed by atoms with Gasteiger partial charge >= 0.3 is 0 Å². The lowest BCUT2D eigenvalue weighted by molar-refractivity contribution is 0.414. The van der Waals surface area contributed by atoms with Crippen LogP contribution in [0.5, 0.6) is 0 Å². The van der Waals surface area contributed by atoms with Gasteiger partial charge in [0.05, 0.1) is 11.3 Å². The van der Waals surface area contributed by atoms with Crippen LogP contribution in [0.1, 0.15) is 55.7 Å². The van der Waals surface area contributed by atoms with E-state index in [2.05, 4.69) is 61.5 Å². The molecule has 0 amide bonds. The van der Waals surface area contributed by atoms with Crippen molar-refractivity contribution in [2.75, 3.05) is 5.75 Å². The van der Waals surface area contributed by atoms with Gasteiger partial charge in [-0.3, -0.25) is 9.36 Å². The standard InChI is InChI=1S/C27H30N2OS/c1-2-17-29-25(30)23-24(28-26(29)31-18-14-20-10-4-3-5-11-20)22-13-7-6-12-21(22)19-27(23)15-8-9-16-27/h3-7,10-13H,2,8-9,14-19H2,1H3. The molecule has 1 saturated carbocycles. The molecular formula is C27H30N2OS. The second kappa shape index (κ2) is 8.66. The Morgan fingerprint density at radius 3 is 2.55 bits per heavy atom. The first-order chi connectivity index (χ1) is 15.2. The zero-order valence-electron chi connectivity index (χ0n) is 18.3. The van der Waals surface area contributed by atoms with Crippen LogP contribution in [-0.2, 0) is 24.8 Å². The van der Waals surface area contributed by atoms with Crippen molar-refractivity contribution >= 4 is 11.8 Å². The molecule has 2 aromatic carbocycles. The van der Waals surface area contributed by atoms with Gasteiger partial charge in [0, 0.05) is 23.3 Å². The predicted octanol–water partition coefficient (Wildman–Crippen LogP) is 6.02. The molecule has 0 atom stereocenters. The fourth-order valence-electron chi connectivity index (χ4n) is 5.48. The van der Waals surface area contributed by atoms with E-state index in [9.17, 15) is 4.79 Å². The molecule has 1 fully saturated rings. The third kappa shape index (κ3) is 3.76. The highest BCUT2D eigenvalue weighted by atomic mass is 32.2. The Labute approximate surface area is 188 Å². The van der Waals surface area contributed by atoms with Crippen LogP contribution in [0, 0.1) is 0 Å². The van der Waals surface area contributed by atoms with Crippen LogP contribution in [0.3, 0.4) is 0 Å². The summed E-state index contributed by atoms with van der Waals surface area (Å²) in [6.07, 6.45) is 7.54. The highest BCUT2D eigenvalue weighted by molar-refractivity contribution is 7.99. The lowest BCUT2D eigenvalue weighted by atomic mass is 9.68. The van der Waals surface area contributed by atoms with Crippen LogP contribution in [0.25, 0.3) is 11.3 Å². The molecule has 31 heavy (non-hydrogen) atoms. The first kappa shape index (κ1) is 20.6. The van der Waals surface area contributed by atoms with E-state index in [0.29, 0.717) is 0 Å². The van der Waals surface area contributed by atoms with Crippen LogP contribution in [0.15, 0.2) is 64.5 Å². The van der Waals surface area contributed by atoms with Gasteiger partial charge < -0.3 is 0 Å². The van der Waals surface area contributed by atoms with Crippen LogP contribution in [-0.4, -0.2) is 15.3 Å². The molecule has 0 N–H and O–H groups in total. The van der Waals surface area contributed by atoms with Gasteiger partial charge in [0.25, 0.3) is 5.56 Å². The van der Waals surface area contributed by atoms with Crippen molar-refractivity contribution < 1.29 is 0 Å². The third-order valence-corrected chi connectivity index (χ3v) is 7.92. The Bertz CT molecular complexity index is 1130. The molecule has 1 heterocycles. The molecule has 2 aliphatic rings. The van der Waals surface area contributed by atoms with E-state index in [0.717, 1.165) is 60.8 Å². The number of hydrogen-bond acceptors (Lipinski definition) is 3. The van der Waals surface area contributed by atoms with Crippen LogP contribution in [0.2, 0.25) is 0 Å². The van der Waals surface area contributed by atoms with Crippen molar-refractivity contribution in [1.82, 2.24) is 9.55 Å². The highest BCUT2D eigenvalue weighted by Gasteiger charge is 2.44. The number of rotatable bonds is 6. The first-order valence-electron chi connectivity index (χ1n) is 11.6. The smallest absolute Gasteiger partial charge is 0.258 e. The first-order valence-corrected chi connectivity index (χ1v) is 12.6. The number of thioether (sulfide) groups is 1. The average Bonchev–Trinajstić information content (AvgIpc) is 3.25. The minimum atomic E-state index is -0.0174. The van der Waals surface area contributed by atoms with Crippen LogP contribution in [0.4, 0.5) is 0 Å². The fourth-order valence-corrected chi connectivity index (χ4v) is 6.49. The maximum Gasteiger partial charge on any atom is 0.258 e. The van der Waals surface area contributed by atoms with E-state index in [1.165, 1.54) is 29.5 Å². The predicted molar refractivity (Wildman–Crippen MR) is 129 cm³/mol. The normalized spacial score (nSPS) is 16.3. The third-order valence-electron chi connectivity index (χ3n) is 6.94. The van der Waals surface area contributed by atoms with Gasteiger partial charge in [-0.05, 0) is 43.2 Å². The quantitative estimate of drug-likeness (QED) is 0.354. The lowest BCUT2D eigenvalue weighted by Crippen LogP contribution is -2.40. The monoisotopic (exact) mass is 430 g/mol. The SMILES string of the molecule is CCCn1c(SCCc2ccccc2)nc2c(c1=O)C1(CCCC1)Cc1ccccc1-2. The summed E-state index contributed by atoms with van der Waals surface area (Å²) in [5.74, 6) is 0.922. The molecule has 0 saturated heterocycles. The molecule has 3 aromatic rings. The van der Waals surface area contributed by atoms with E-state index in [1.54, 1.807) is 11.8 Å². The number of benzene rings is 2. The second-order valence-corrected chi connectivity index (χ2v) is 10.0. The van der Waals surface area contributed by atoms with Crippen molar-refractivity contribution in [1.29, 1.82) is 0 Å². The van der Waals surface area contributed by atoms with E-state index in [-0.39, 0.29) is 11.0 Å². The molecule has 0 unspecified atom stereocenters. The molecule has 4 heteroatoms. The number of nitrogens with zero attached hydrogens (tertiary/aromatic N) is 2. The summed E-state index contributed by atoms with van der Waals surface area (Å²) < 4.78 is 1.97. The summed E-state index contributed by atoms with van der Waals surface area (Å²) >= 11 is 1.73. The number of aromatic nitrogens is 2. The Morgan fingerprint density at radius 2 is 1.77 bits per heavy atom. The fraction of sp³-hybridized carbons (Fsp3) is 0.407. The van der Waals surface area contributed by atoms with Crippen LogP contribution >= 0.6 is 11.8 Å². The second-order valence-electron chi connectivity index (χ2n) is 8.98. The largest absolute Gasteiger partial charge is 0.287 e. The molecule has 0 aliphatic heterocycles. The summed E-state index contributed by atoms with van der Waals surface area (Å²) in [4.78, 5) is 19.1. The van der Waals surface area contributed by atoms with E-state index < -0.39 is 0 Å². The Kier molecular flexibility index (Phi) is 5.75. The van der Waals surface area contributed by atoms with E-state index in [1.807, 2.05) is 4.57 Å². The summed E-state index contributed by atoms with van der Waals surface area (Å²) in [6.45, 7) is 2.88. The highest BCUT2D eigenvalue weighted by Crippen LogP contribution is 2.49. The molecule has 2 aliphatic carbocycles. The zero-order valence-corrected chi connectivity index (χ0v) is 19.1. The van der Waals surface area contributed by atoms with Gasteiger partial charge in [-0.25, -0.2) is 4.98 Å². The molecule has 0 bridgehead atoms. The Morgan fingerprint density at radius 1 is 1.03 bits per heavy atom. The van der Waals surface area contributed by atoms with Crippen molar-refractivity contribution in [3.63, 3.8) is 0 Å². The average molecular weight is 431 g/mol. The Hall–Kier alpha value is -2.33. The minimum absolute atomic E-state index is 0.0174. The number of hydrogen-bond donors (Lipinski definition) is 0. The summed E-state index contributed by atoms with van der Waals surface area (Å²) in [7, 11) is 0. The van der Waals surface area contributed by atoms with Crippen LogP contribution < -0.4 is 5.56 Å². The lowest BCUT2D eigenvalue weighted by Gasteiger charge is -2.36. The van der Waals surface area contributed by atoms with Crippen molar-refractivity contribution in [3.8, 4) is 11.3 Å². The Balaban J connectivity index is 1.59. The van der Waals surface area contributed by atoms with Gasteiger partial charge in [0.2, 0.25) is 0 Å². The van der Waals surface area contributed by atoms with Gasteiger partial charge in [-0.2, -0.15) is 0 Å². The maximum absolute atomic E-state index is 13.9. The molecule has 1 spiro atoms. The van der Waals surface area contributed by atoms with E-state index in [4.69, 9.17) is 4.98 Å². The summed E-state index contributed by atoms with van der Waals surface area (Å²) in [5.41, 5.74) is 6.01. The summed E-state index contributed by atoms with van der Waals surface area (Å²) in [6, 6.07) is 19.2. The molecule has 5 rings (SSSR count). The van der Waals surface area contributed by atoms with Gasteiger partial charge in [-0.15, -0.1) is 0 Å². The molecule has 160 valence electrons. The number of aryl methyl sites for hydroxylation is 1.